The van der Waals surface area contributed by atoms with E-state index in [1.807, 2.05) is 50.4 Å². The second-order valence-corrected chi connectivity index (χ2v) is 6.08. The Labute approximate surface area is 133 Å². The van der Waals surface area contributed by atoms with Crippen molar-refractivity contribution in [2.45, 2.75) is 19.0 Å². The smallest absolute Gasteiger partial charge is 0.127 e. The number of likely N-dealkylation sites (N-methyl/N-ethyl adjacent to an activating group) is 1. The number of nitrogens with two attached hydrogens (primary N) is 1. The third kappa shape index (κ3) is 3.70. The van der Waals surface area contributed by atoms with Gasteiger partial charge in [0.2, 0.25) is 0 Å². The molecule has 21 heavy (non-hydrogen) atoms. The summed E-state index contributed by atoms with van der Waals surface area (Å²) in [6, 6.07) is 15.0. The fourth-order valence-electron chi connectivity index (χ4n) is 2.53. The molecule has 0 amide bonds. The van der Waals surface area contributed by atoms with Gasteiger partial charge in [0.15, 0.2) is 0 Å². The maximum absolute atomic E-state index is 14.0. The van der Waals surface area contributed by atoms with Gasteiger partial charge < -0.3 is 5.73 Å². The Kier molecular flexibility index (Phi) is 5.51. The Bertz CT molecular complexity index is 586. The molecule has 2 rings (SSSR count). The van der Waals surface area contributed by atoms with Crippen molar-refractivity contribution in [1.29, 1.82) is 0 Å². The summed E-state index contributed by atoms with van der Waals surface area (Å²) in [4.78, 5) is 2.11. The second-order valence-electron chi connectivity index (χ2n) is 5.17. The number of hydrogen-bond donors (Lipinski definition) is 1. The molecule has 0 bridgehead atoms. The standard InChI is InChI=1S/C17H20BrFN2/c1-12(15-5-3-4-6-16(15)19)21(2)17(11-20)13-7-9-14(18)10-8-13/h3-10,12,17H,11,20H2,1-2H3. The lowest BCUT2D eigenvalue weighted by Gasteiger charge is -2.33. The van der Waals surface area contributed by atoms with Crippen molar-refractivity contribution < 1.29 is 4.39 Å². The molecule has 2 aromatic carbocycles. The highest BCUT2D eigenvalue weighted by molar-refractivity contribution is 9.10. The lowest BCUT2D eigenvalue weighted by atomic mass is 10.0. The number of nitrogens with zero attached hydrogens (tertiary/aromatic N) is 1. The third-order valence-electron chi connectivity index (χ3n) is 3.94. The van der Waals surface area contributed by atoms with Crippen LogP contribution in [-0.4, -0.2) is 18.5 Å². The van der Waals surface area contributed by atoms with E-state index in [2.05, 4.69) is 20.8 Å². The zero-order valence-corrected chi connectivity index (χ0v) is 13.8. The summed E-state index contributed by atoms with van der Waals surface area (Å²) in [5.41, 5.74) is 7.77. The maximum Gasteiger partial charge on any atom is 0.127 e. The predicted molar refractivity (Wildman–Crippen MR) is 88.5 cm³/mol. The molecule has 2 nitrogen and oxygen atoms in total. The Balaban J connectivity index is 2.25. The molecule has 2 unspecified atom stereocenters. The monoisotopic (exact) mass is 350 g/mol. The SMILES string of the molecule is CC(c1ccccc1F)N(C)C(CN)c1ccc(Br)cc1. The molecule has 0 aliphatic heterocycles. The van der Waals surface area contributed by atoms with Crippen molar-refractivity contribution in [1.82, 2.24) is 4.90 Å². The van der Waals surface area contributed by atoms with E-state index in [0.29, 0.717) is 12.1 Å². The van der Waals surface area contributed by atoms with E-state index in [-0.39, 0.29) is 17.9 Å². The minimum atomic E-state index is -0.177. The van der Waals surface area contributed by atoms with Gasteiger partial charge in [-0.05, 0) is 37.7 Å². The van der Waals surface area contributed by atoms with Gasteiger partial charge in [-0.1, -0.05) is 46.3 Å². The van der Waals surface area contributed by atoms with Crippen LogP contribution in [0.2, 0.25) is 0 Å². The van der Waals surface area contributed by atoms with Gasteiger partial charge >= 0.3 is 0 Å². The average Bonchev–Trinajstić information content (AvgIpc) is 2.49. The lowest BCUT2D eigenvalue weighted by molar-refractivity contribution is 0.187. The van der Waals surface area contributed by atoms with Gasteiger partial charge in [-0.3, -0.25) is 4.90 Å². The molecule has 0 fully saturated rings. The molecule has 2 N–H and O–H groups in total. The number of benzene rings is 2. The van der Waals surface area contributed by atoms with E-state index in [1.54, 1.807) is 6.07 Å². The molecular weight excluding hydrogens is 331 g/mol. The number of halogens is 2. The molecule has 0 spiro atoms. The van der Waals surface area contributed by atoms with Gasteiger partial charge in [-0.15, -0.1) is 0 Å². The molecule has 0 radical (unpaired) electrons. The zero-order chi connectivity index (χ0) is 15.4. The lowest BCUT2D eigenvalue weighted by Crippen LogP contribution is -2.33. The topological polar surface area (TPSA) is 29.3 Å². The first-order chi connectivity index (χ1) is 10.0. The molecular formula is C17H20BrFN2. The zero-order valence-electron chi connectivity index (χ0n) is 12.3. The molecule has 0 aliphatic rings. The average molecular weight is 351 g/mol. The summed E-state index contributed by atoms with van der Waals surface area (Å²) >= 11 is 3.43. The van der Waals surface area contributed by atoms with Crippen molar-refractivity contribution in [3.8, 4) is 0 Å². The molecule has 112 valence electrons. The summed E-state index contributed by atoms with van der Waals surface area (Å²) in [7, 11) is 1.98. The van der Waals surface area contributed by atoms with Crippen LogP contribution >= 0.6 is 15.9 Å². The van der Waals surface area contributed by atoms with Crippen LogP contribution in [0.4, 0.5) is 4.39 Å². The van der Waals surface area contributed by atoms with E-state index in [1.165, 1.54) is 6.07 Å². The van der Waals surface area contributed by atoms with Crippen molar-refractivity contribution >= 4 is 15.9 Å². The normalized spacial score (nSPS) is 14.2. The highest BCUT2D eigenvalue weighted by Gasteiger charge is 2.23. The minimum Gasteiger partial charge on any atom is -0.329 e. The Morgan fingerprint density at radius 3 is 2.33 bits per heavy atom. The first-order valence-corrected chi connectivity index (χ1v) is 7.75. The predicted octanol–water partition coefficient (Wildman–Crippen LogP) is 4.28. The second kappa shape index (κ2) is 7.16. The van der Waals surface area contributed by atoms with Gasteiger partial charge in [-0.2, -0.15) is 0 Å². The summed E-state index contributed by atoms with van der Waals surface area (Å²) in [5.74, 6) is -0.177. The Morgan fingerprint density at radius 2 is 1.76 bits per heavy atom. The molecule has 0 aliphatic carbocycles. The number of rotatable bonds is 5. The largest absolute Gasteiger partial charge is 0.329 e. The highest BCUT2D eigenvalue weighted by atomic mass is 79.9. The van der Waals surface area contributed by atoms with E-state index in [4.69, 9.17) is 5.73 Å². The van der Waals surface area contributed by atoms with Crippen molar-refractivity contribution in [2.75, 3.05) is 13.6 Å². The fraction of sp³-hybridized carbons (Fsp3) is 0.294. The van der Waals surface area contributed by atoms with Crippen LogP contribution in [0.25, 0.3) is 0 Å². The Hall–Kier alpha value is -1.23. The molecule has 0 heterocycles. The van der Waals surface area contributed by atoms with Crippen molar-refractivity contribution in [3.05, 3.63) is 69.9 Å². The van der Waals surface area contributed by atoms with Crippen LogP contribution in [0.3, 0.4) is 0 Å². The summed E-state index contributed by atoms with van der Waals surface area (Å²) in [5, 5.41) is 0. The first kappa shape index (κ1) is 16.1. The summed E-state index contributed by atoms with van der Waals surface area (Å²) in [6.45, 7) is 2.48. The van der Waals surface area contributed by atoms with Gasteiger partial charge in [0.25, 0.3) is 0 Å². The van der Waals surface area contributed by atoms with Crippen LogP contribution in [0.1, 0.15) is 30.1 Å². The first-order valence-electron chi connectivity index (χ1n) is 6.96. The maximum atomic E-state index is 14.0. The van der Waals surface area contributed by atoms with Gasteiger partial charge in [-0.25, -0.2) is 4.39 Å². The minimum absolute atomic E-state index is 0.0488. The molecule has 2 atom stereocenters. The third-order valence-corrected chi connectivity index (χ3v) is 4.46. The van der Waals surface area contributed by atoms with E-state index in [9.17, 15) is 4.39 Å². The van der Waals surface area contributed by atoms with Crippen LogP contribution in [-0.2, 0) is 0 Å². The summed E-state index contributed by atoms with van der Waals surface area (Å²) < 4.78 is 15.0. The van der Waals surface area contributed by atoms with E-state index >= 15 is 0 Å². The molecule has 0 saturated carbocycles. The molecule has 0 saturated heterocycles. The molecule has 0 aromatic heterocycles. The van der Waals surface area contributed by atoms with E-state index in [0.717, 1.165) is 10.0 Å². The van der Waals surface area contributed by atoms with Crippen molar-refractivity contribution in [3.63, 3.8) is 0 Å². The van der Waals surface area contributed by atoms with Crippen molar-refractivity contribution in [2.24, 2.45) is 5.73 Å². The molecule has 4 heteroatoms. The fourth-order valence-corrected chi connectivity index (χ4v) is 2.79. The van der Waals surface area contributed by atoms with Crippen LogP contribution in [0.5, 0.6) is 0 Å². The Morgan fingerprint density at radius 1 is 1.14 bits per heavy atom. The van der Waals surface area contributed by atoms with Crippen LogP contribution in [0.15, 0.2) is 53.0 Å². The van der Waals surface area contributed by atoms with Gasteiger partial charge in [0.1, 0.15) is 5.82 Å². The van der Waals surface area contributed by atoms with Crippen LogP contribution in [0, 0.1) is 5.82 Å². The quantitative estimate of drug-likeness (QED) is 0.871. The number of hydrogen-bond acceptors (Lipinski definition) is 2. The summed E-state index contributed by atoms with van der Waals surface area (Å²) in [6.07, 6.45) is 0. The van der Waals surface area contributed by atoms with Gasteiger partial charge in [0.05, 0.1) is 0 Å². The van der Waals surface area contributed by atoms with Crippen LogP contribution < -0.4 is 5.73 Å². The molecule has 2 aromatic rings. The van der Waals surface area contributed by atoms with Gasteiger partial charge in [0, 0.05) is 28.7 Å². The highest BCUT2D eigenvalue weighted by Crippen LogP contribution is 2.30. The van der Waals surface area contributed by atoms with E-state index < -0.39 is 0 Å².